The molecule has 1 aliphatic heterocycles. The molecule has 2 aromatic heterocycles. The Morgan fingerprint density at radius 1 is 1.47 bits per heavy atom. The molecule has 0 N–H and O–H groups in total. The molecule has 100 valence electrons. The van der Waals surface area contributed by atoms with E-state index in [-0.39, 0.29) is 11.2 Å². The molecule has 0 radical (unpaired) electrons. The zero-order valence-electron chi connectivity index (χ0n) is 10.6. The second-order valence-corrected chi connectivity index (χ2v) is 5.49. The second kappa shape index (κ2) is 4.73. The van der Waals surface area contributed by atoms with Crippen molar-refractivity contribution in [3.63, 3.8) is 0 Å². The van der Waals surface area contributed by atoms with E-state index < -0.39 is 0 Å². The fourth-order valence-electron chi connectivity index (χ4n) is 1.98. The molecule has 1 fully saturated rings. The van der Waals surface area contributed by atoms with Gasteiger partial charge in [0, 0.05) is 13.5 Å². The highest BCUT2D eigenvalue weighted by atomic mass is 32.2. The number of ether oxygens (including phenoxy) is 1. The van der Waals surface area contributed by atoms with Crippen LogP contribution in [0.2, 0.25) is 0 Å². The Kier molecular flexibility index (Phi) is 3.06. The fraction of sp³-hybridized carbons (Fsp3) is 0.417. The average Bonchev–Trinajstić information content (AvgIpc) is 3.05. The van der Waals surface area contributed by atoms with Gasteiger partial charge in [-0.1, -0.05) is 11.8 Å². The molecule has 2 aromatic rings. The minimum absolute atomic E-state index is 0.172. The number of thioether (sulfide) groups is 1. The number of cyclic esters (lactones) is 1. The van der Waals surface area contributed by atoms with Gasteiger partial charge in [-0.2, -0.15) is 0 Å². The number of carbonyl (C=O) groups is 1. The number of carbonyl (C=O) groups excluding carboxylic acids is 1. The monoisotopic (exact) mass is 279 g/mol. The molecule has 3 rings (SSSR count). The summed E-state index contributed by atoms with van der Waals surface area (Å²) in [5.41, 5.74) is 0.913. The van der Waals surface area contributed by atoms with Crippen molar-refractivity contribution in [2.45, 2.75) is 23.8 Å². The molecule has 0 unspecified atom stereocenters. The topological polar surface area (TPSA) is 70.2 Å². The number of nitrogens with zero attached hydrogens (tertiary/aromatic N) is 3. The molecule has 1 aliphatic rings. The van der Waals surface area contributed by atoms with Crippen LogP contribution in [-0.2, 0) is 16.6 Å². The van der Waals surface area contributed by atoms with Gasteiger partial charge in [0.05, 0.1) is 18.4 Å². The lowest BCUT2D eigenvalue weighted by Crippen LogP contribution is -2.10. The first-order valence-electron chi connectivity index (χ1n) is 5.94. The third kappa shape index (κ3) is 2.14. The first-order valence-corrected chi connectivity index (χ1v) is 6.82. The maximum Gasteiger partial charge on any atom is 0.319 e. The molecule has 1 atom stereocenters. The molecule has 0 aliphatic carbocycles. The Labute approximate surface area is 114 Å². The molecule has 0 bridgehead atoms. The van der Waals surface area contributed by atoms with Crippen LogP contribution in [0.4, 0.5) is 0 Å². The summed E-state index contributed by atoms with van der Waals surface area (Å²) < 4.78 is 12.1. The van der Waals surface area contributed by atoms with Crippen molar-refractivity contribution >= 4 is 17.7 Å². The highest BCUT2D eigenvalue weighted by molar-refractivity contribution is 8.00. The largest absolute Gasteiger partial charge is 0.469 e. The van der Waals surface area contributed by atoms with Gasteiger partial charge in [0.15, 0.2) is 11.0 Å². The maximum absolute atomic E-state index is 11.5. The van der Waals surface area contributed by atoms with Gasteiger partial charge in [0.2, 0.25) is 0 Å². The average molecular weight is 279 g/mol. The highest BCUT2D eigenvalue weighted by Crippen LogP contribution is 2.31. The smallest absolute Gasteiger partial charge is 0.319 e. The SMILES string of the molecule is Cc1occc1-c1nnc(S[C@H]2CCOC2=O)n1C. The van der Waals surface area contributed by atoms with Gasteiger partial charge in [0.25, 0.3) is 0 Å². The van der Waals surface area contributed by atoms with E-state index in [1.807, 2.05) is 24.6 Å². The lowest BCUT2D eigenvalue weighted by molar-refractivity contribution is -0.137. The first-order chi connectivity index (χ1) is 9.16. The maximum atomic E-state index is 11.5. The highest BCUT2D eigenvalue weighted by Gasteiger charge is 2.29. The number of rotatable bonds is 3. The predicted molar refractivity (Wildman–Crippen MR) is 68.7 cm³/mol. The van der Waals surface area contributed by atoms with Crippen LogP contribution in [0.5, 0.6) is 0 Å². The number of hydrogen-bond donors (Lipinski definition) is 0. The normalized spacial score (nSPS) is 18.8. The van der Waals surface area contributed by atoms with E-state index in [9.17, 15) is 4.79 Å². The Bertz CT molecular complexity index is 620. The zero-order valence-corrected chi connectivity index (χ0v) is 11.4. The van der Waals surface area contributed by atoms with Crippen LogP contribution in [0.1, 0.15) is 12.2 Å². The summed E-state index contributed by atoms with van der Waals surface area (Å²) in [4.78, 5) is 11.5. The summed E-state index contributed by atoms with van der Waals surface area (Å²) >= 11 is 1.39. The number of furan rings is 1. The molecule has 0 aromatic carbocycles. The van der Waals surface area contributed by atoms with Crippen LogP contribution in [0, 0.1) is 6.92 Å². The van der Waals surface area contributed by atoms with Crippen molar-refractivity contribution < 1.29 is 13.9 Å². The Hall–Kier alpha value is -1.76. The Morgan fingerprint density at radius 3 is 2.95 bits per heavy atom. The quantitative estimate of drug-likeness (QED) is 0.798. The lowest BCUT2D eigenvalue weighted by Gasteiger charge is -2.05. The van der Waals surface area contributed by atoms with Crippen molar-refractivity contribution in [2.24, 2.45) is 7.05 Å². The van der Waals surface area contributed by atoms with Gasteiger partial charge < -0.3 is 13.7 Å². The minimum atomic E-state index is -0.179. The van der Waals surface area contributed by atoms with Crippen molar-refractivity contribution in [1.82, 2.24) is 14.8 Å². The third-order valence-corrected chi connectivity index (χ3v) is 4.35. The third-order valence-electron chi connectivity index (χ3n) is 3.07. The van der Waals surface area contributed by atoms with E-state index in [0.29, 0.717) is 11.8 Å². The molecule has 0 amide bonds. The van der Waals surface area contributed by atoms with Gasteiger partial charge in [-0.15, -0.1) is 10.2 Å². The molecule has 1 saturated heterocycles. The lowest BCUT2D eigenvalue weighted by atomic mass is 10.2. The van der Waals surface area contributed by atoms with Gasteiger partial charge >= 0.3 is 5.97 Å². The predicted octanol–water partition coefficient (Wildman–Crippen LogP) is 1.79. The molecule has 7 heteroatoms. The van der Waals surface area contributed by atoms with Crippen molar-refractivity contribution in [1.29, 1.82) is 0 Å². The molecule has 0 saturated carbocycles. The summed E-state index contributed by atoms with van der Waals surface area (Å²) in [6.07, 6.45) is 2.34. The fourth-order valence-corrected chi connectivity index (χ4v) is 2.95. The summed E-state index contributed by atoms with van der Waals surface area (Å²) in [5, 5.41) is 8.83. The Balaban J connectivity index is 1.87. The van der Waals surface area contributed by atoms with Crippen LogP contribution in [0.3, 0.4) is 0 Å². The molecule has 6 nitrogen and oxygen atoms in total. The minimum Gasteiger partial charge on any atom is -0.469 e. The summed E-state index contributed by atoms with van der Waals surface area (Å²) in [6.45, 7) is 2.37. The van der Waals surface area contributed by atoms with Crippen LogP contribution in [-0.4, -0.2) is 32.6 Å². The molecule has 3 heterocycles. The van der Waals surface area contributed by atoms with Crippen LogP contribution < -0.4 is 0 Å². The van der Waals surface area contributed by atoms with E-state index in [1.165, 1.54) is 11.8 Å². The zero-order chi connectivity index (χ0) is 13.4. The van der Waals surface area contributed by atoms with Crippen molar-refractivity contribution in [3.8, 4) is 11.4 Å². The van der Waals surface area contributed by atoms with Gasteiger partial charge in [0.1, 0.15) is 11.0 Å². The standard InChI is InChI=1S/C12H13N3O3S/c1-7-8(3-5-17-7)10-13-14-12(15(10)2)19-9-4-6-18-11(9)16/h3,5,9H,4,6H2,1-2H3/t9-/m0/s1. The summed E-state index contributed by atoms with van der Waals surface area (Å²) in [7, 11) is 1.88. The van der Waals surface area contributed by atoms with E-state index in [4.69, 9.17) is 9.15 Å². The van der Waals surface area contributed by atoms with Crippen LogP contribution in [0.15, 0.2) is 21.9 Å². The van der Waals surface area contributed by atoms with E-state index >= 15 is 0 Å². The van der Waals surface area contributed by atoms with Gasteiger partial charge in [-0.3, -0.25) is 4.79 Å². The van der Waals surface area contributed by atoms with Crippen molar-refractivity contribution in [3.05, 3.63) is 18.1 Å². The van der Waals surface area contributed by atoms with E-state index in [1.54, 1.807) is 6.26 Å². The van der Waals surface area contributed by atoms with Gasteiger partial charge in [-0.25, -0.2) is 0 Å². The van der Waals surface area contributed by atoms with E-state index in [2.05, 4.69) is 10.2 Å². The van der Waals surface area contributed by atoms with Crippen LogP contribution in [0.25, 0.3) is 11.4 Å². The first kappa shape index (κ1) is 12.3. The molecule has 0 spiro atoms. The van der Waals surface area contributed by atoms with Crippen LogP contribution >= 0.6 is 11.8 Å². The number of esters is 1. The van der Waals surface area contributed by atoms with Crippen molar-refractivity contribution in [2.75, 3.05) is 6.61 Å². The number of aromatic nitrogens is 3. The Morgan fingerprint density at radius 2 is 2.32 bits per heavy atom. The van der Waals surface area contributed by atoms with Gasteiger partial charge in [-0.05, 0) is 13.0 Å². The molecular weight excluding hydrogens is 266 g/mol. The number of hydrogen-bond acceptors (Lipinski definition) is 6. The summed E-state index contributed by atoms with van der Waals surface area (Å²) in [6, 6.07) is 1.86. The second-order valence-electron chi connectivity index (χ2n) is 4.32. The number of aryl methyl sites for hydroxylation is 1. The molecular formula is C12H13N3O3S. The molecule has 19 heavy (non-hydrogen) atoms. The van der Waals surface area contributed by atoms with E-state index in [0.717, 1.165) is 23.6 Å². The summed E-state index contributed by atoms with van der Waals surface area (Å²) in [5.74, 6) is 1.36.